The van der Waals surface area contributed by atoms with Gasteiger partial charge in [0.15, 0.2) is 0 Å². The molecule has 0 aromatic rings. The average Bonchev–Trinajstić information content (AvgIpc) is 1.82. The van der Waals surface area contributed by atoms with Crippen LogP contribution >= 0.6 is 0 Å². The van der Waals surface area contributed by atoms with Crippen molar-refractivity contribution >= 4 is 7.12 Å². The topological polar surface area (TPSA) is 52.9 Å². The van der Waals surface area contributed by atoms with Crippen LogP contribution in [0.4, 0.5) is 0 Å². The van der Waals surface area contributed by atoms with Gasteiger partial charge in [0.25, 0.3) is 0 Å². The van der Waals surface area contributed by atoms with E-state index in [1.807, 2.05) is 0 Å². The lowest BCUT2D eigenvalue weighted by Crippen LogP contribution is -2.34. The summed E-state index contributed by atoms with van der Waals surface area (Å²) in [5.74, 6) is 0. The Balaban J connectivity index is 3.16. The van der Waals surface area contributed by atoms with Crippen molar-refractivity contribution < 1.29 is 14.8 Å². The molecule has 0 rings (SSSR count). The van der Waals surface area contributed by atoms with E-state index >= 15 is 0 Å². The van der Waals surface area contributed by atoms with Crippen molar-refractivity contribution in [2.75, 3.05) is 33.8 Å². The second-order valence-electron chi connectivity index (χ2n) is 2.24. The van der Waals surface area contributed by atoms with Crippen molar-refractivity contribution in [3.8, 4) is 0 Å². The molecule has 0 aromatic heterocycles. The van der Waals surface area contributed by atoms with Crippen molar-refractivity contribution in [3.63, 3.8) is 0 Å². The number of nitrogens with zero attached hydrogens (tertiary/aromatic N) is 1. The van der Waals surface area contributed by atoms with Crippen molar-refractivity contribution in [1.82, 2.24) is 4.90 Å². The first kappa shape index (κ1) is 9.90. The smallest absolute Gasteiger partial charge is 0.426 e. The fourth-order valence-corrected chi connectivity index (χ4v) is 0.617. The highest BCUT2D eigenvalue weighted by Gasteiger charge is 2.09. The number of ether oxygens (including phenoxy) is 1. The SMILES string of the molecule is COCCN(C)CB(O)O. The molecule has 0 amide bonds. The fourth-order valence-electron chi connectivity index (χ4n) is 0.617. The standard InChI is InChI=1S/C5H14BNO3/c1-7(3-4-10-2)5-6(8)9/h8-9H,3-5H2,1-2H3. The van der Waals surface area contributed by atoms with Crippen molar-refractivity contribution in [3.05, 3.63) is 0 Å². The zero-order valence-electron chi connectivity index (χ0n) is 6.45. The maximum absolute atomic E-state index is 8.50. The third kappa shape index (κ3) is 6.03. The van der Waals surface area contributed by atoms with Crippen molar-refractivity contribution in [1.29, 1.82) is 0 Å². The Hall–Kier alpha value is -0.0951. The molecule has 2 N–H and O–H groups in total. The highest BCUT2D eigenvalue weighted by molar-refractivity contribution is 6.41. The first-order chi connectivity index (χ1) is 4.66. The molecule has 0 spiro atoms. The van der Waals surface area contributed by atoms with E-state index in [9.17, 15) is 0 Å². The lowest BCUT2D eigenvalue weighted by atomic mass is 9.92. The molecule has 0 atom stereocenters. The first-order valence-electron chi connectivity index (χ1n) is 3.20. The lowest BCUT2D eigenvalue weighted by Gasteiger charge is -2.14. The Bertz CT molecular complexity index is 81.3. The Morgan fingerprint density at radius 2 is 2.10 bits per heavy atom. The third-order valence-corrected chi connectivity index (χ3v) is 1.15. The predicted octanol–water partition coefficient (Wildman–Crippen LogP) is -1.42. The Labute approximate surface area is 61.6 Å². The van der Waals surface area contributed by atoms with Gasteiger partial charge >= 0.3 is 7.12 Å². The van der Waals surface area contributed by atoms with E-state index in [1.54, 1.807) is 19.1 Å². The molecule has 0 aliphatic heterocycles. The van der Waals surface area contributed by atoms with E-state index in [-0.39, 0.29) is 6.44 Å². The second kappa shape index (κ2) is 5.67. The molecule has 0 aliphatic rings. The molecular formula is C5H14BNO3. The molecular weight excluding hydrogens is 133 g/mol. The van der Waals surface area contributed by atoms with Crippen LogP contribution in [0.25, 0.3) is 0 Å². The van der Waals surface area contributed by atoms with E-state index in [2.05, 4.69) is 0 Å². The lowest BCUT2D eigenvalue weighted by molar-refractivity contribution is 0.165. The summed E-state index contributed by atoms with van der Waals surface area (Å²) in [5, 5.41) is 17.0. The Morgan fingerprint density at radius 1 is 1.50 bits per heavy atom. The molecule has 60 valence electrons. The molecule has 0 fully saturated rings. The van der Waals surface area contributed by atoms with Crippen molar-refractivity contribution in [2.24, 2.45) is 0 Å². The average molecular weight is 147 g/mol. The van der Waals surface area contributed by atoms with Crippen LogP contribution in [0, 0.1) is 0 Å². The minimum atomic E-state index is -1.25. The van der Waals surface area contributed by atoms with Crippen LogP contribution in [0.15, 0.2) is 0 Å². The monoisotopic (exact) mass is 147 g/mol. The molecule has 0 saturated carbocycles. The maximum atomic E-state index is 8.50. The quantitative estimate of drug-likeness (QED) is 0.468. The van der Waals surface area contributed by atoms with E-state index in [1.165, 1.54) is 0 Å². The fraction of sp³-hybridized carbons (Fsp3) is 1.00. The molecule has 0 aromatic carbocycles. The van der Waals surface area contributed by atoms with Gasteiger partial charge in [-0.1, -0.05) is 0 Å². The van der Waals surface area contributed by atoms with Crippen LogP contribution in [0.3, 0.4) is 0 Å². The minimum Gasteiger partial charge on any atom is -0.426 e. The van der Waals surface area contributed by atoms with Gasteiger partial charge < -0.3 is 19.7 Å². The van der Waals surface area contributed by atoms with Crippen molar-refractivity contribution in [2.45, 2.75) is 0 Å². The molecule has 0 heterocycles. The highest BCUT2D eigenvalue weighted by Crippen LogP contribution is 1.82. The number of methoxy groups -OCH3 is 1. The molecule has 0 bridgehead atoms. The van der Waals surface area contributed by atoms with E-state index < -0.39 is 7.12 Å². The van der Waals surface area contributed by atoms with Gasteiger partial charge in [-0.05, 0) is 7.05 Å². The largest absolute Gasteiger partial charge is 0.466 e. The summed E-state index contributed by atoms with van der Waals surface area (Å²) in [6, 6.07) is 0. The molecule has 0 saturated heterocycles. The molecule has 5 heteroatoms. The van der Waals surface area contributed by atoms with E-state index in [4.69, 9.17) is 14.8 Å². The van der Waals surface area contributed by atoms with E-state index in [0.29, 0.717) is 13.2 Å². The number of rotatable bonds is 5. The predicted molar refractivity (Wildman–Crippen MR) is 39.6 cm³/mol. The molecule has 4 nitrogen and oxygen atoms in total. The summed E-state index contributed by atoms with van der Waals surface area (Å²) in [6.45, 7) is 1.33. The molecule has 0 aliphatic carbocycles. The summed E-state index contributed by atoms with van der Waals surface area (Å²) in [6.07, 6.45) is 0.267. The van der Waals surface area contributed by atoms with Gasteiger partial charge in [0.05, 0.1) is 6.61 Å². The summed E-state index contributed by atoms with van der Waals surface area (Å²) in [7, 11) is 2.17. The number of hydrogen-bond donors (Lipinski definition) is 2. The summed E-state index contributed by atoms with van der Waals surface area (Å²) >= 11 is 0. The van der Waals surface area contributed by atoms with Gasteiger partial charge in [0.2, 0.25) is 0 Å². The summed E-state index contributed by atoms with van der Waals surface area (Å²) in [4.78, 5) is 1.79. The van der Waals surface area contributed by atoms with Crippen LogP contribution in [-0.4, -0.2) is 55.8 Å². The Morgan fingerprint density at radius 3 is 2.50 bits per heavy atom. The first-order valence-corrected chi connectivity index (χ1v) is 3.20. The van der Waals surface area contributed by atoms with Crippen LogP contribution in [0.1, 0.15) is 0 Å². The normalized spacial score (nSPS) is 10.5. The summed E-state index contributed by atoms with van der Waals surface area (Å²) < 4.78 is 4.79. The number of likely N-dealkylation sites (N-methyl/N-ethyl adjacent to an activating group) is 1. The van der Waals surface area contributed by atoms with Crippen LogP contribution in [0.2, 0.25) is 0 Å². The Kier molecular flexibility index (Phi) is 5.62. The van der Waals surface area contributed by atoms with Gasteiger partial charge in [-0.2, -0.15) is 0 Å². The number of hydrogen-bond acceptors (Lipinski definition) is 4. The van der Waals surface area contributed by atoms with Crippen LogP contribution in [0.5, 0.6) is 0 Å². The van der Waals surface area contributed by atoms with Gasteiger partial charge in [-0.3, -0.25) is 0 Å². The second-order valence-corrected chi connectivity index (χ2v) is 2.24. The summed E-state index contributed by atoms with van der Waals surface area (Å²) in [5.41, 5.74) is 0. The molecule has 0 unspecified atom stereocenters. The van der Waals surface area contributed by atoms with Crippen LogP contribution < -0.4 is 0 Å². The molecule has 10 heavy (non-hydrogen) atoms. The van der Waals surface area contributed by atoms with Gasteiger partial charge in [-0.15, -0.1) is 0 Å². The third-order valence-electron chi connectivity index (χ3n) is 1.15. The van der Waals surface area contributed by atoms with E-state index in [0.717, 1.165) is 0 Å². The van der Waals surface area contributed by atoms with Gasteiger partial charge in [-0.25, -0.2) is 0 Å². The maximum Gasteiger partial charge on any atom is 0.466 e. The minimum absolute atomic E-state index is 0.267. The highest BCUT2D eigenvalue weighted by atomic mass is 16.5. The van der Waals surface area contributed by atoms with Gasteiger partial charge in [0, 0.05) is 20.1 Å². The van der Waals surface area contributed by atoms with Crippen LogP contribution in [-0.2, 0) is 4.74 Å². The zero-order valence-corrected chi connectivity index (χ0v) is 6.45. The zero-order chi connectivity index (χ0) is 7.98. The van der Waals surface area contributed by atoms with Gasteiger partial charge in [0.1, 0.15) is 0 Å². The molecule has 0 radical (unpaired) electrons.